The molecule has 2 heterocycles. The van der Waals surface area contributed by atoms with Crippen LogP contribution in [0.15, 0.2) is 12.3 Å². The van der Waals surface area contributed by atoms with E-state index in [1.165, 1.54) is 0 Å². The second kappa shape index (κ2) is 6.28. The number of aromatic nitrogens is 2. The highest BCUT2D eigenvalue weighted by atomic mass is 16.6. The summed E-state index contributed by atoms with van der Waals surface area (Å²) < 4.78 is 5.30. The van der Waals surface area contributed by atoms with E-state index >= 15 is 0 Å². The Bertz CT molecular complexity index is 499. The zero-order valence-corrected chi connectivity index (χ0v) is 13.2. The van der Waals surface area contributed by atoms with E-state index in [-0.39, 0.29) is 12.1 Å². The molecule has 0 aromatic carbocycles. The maximum Gasteiger partial charge on any atom is 0.407 e. The van der Waals surface area contributed by atoms with Crippen LogP contribution in [0.3, 0.4) is 0 Å². The fourth-order valence-electron chi connectivity index (χ4n) is 2.34. The van der Waals surface area contributed by atoms with Crippen LogP contribution in [-0.2, 0) is 4.74 Å². The number of hydrogen-bond donors (Lipinski definition) is 1. The predicted molar refractivity (Wildman–Crippen MR) is 81.4 cm³/mol. The highest BCUT2D eigenvalue weighted by Crippen LogP contribution is 2.16. The number of ether oxygens (including phenoxy) is 1. The fraction of sp³-hybridized carbons (Fsp3) is 0.667. The molecule has 6 nitrogen and oxygen atoms in total. The van der Waals surface area contributed by atoms with Crippen molar-refractivity contribution in [3.05, 3.63) is 18.0 Å². The summed E-state index contributed by atoms with van der Waals surface area (Å²) in [5.74, 6) is 0.727. The molecule has 0 aliphatic carbocycles. The average molecular weight is 292 g/mol. The van der Waals surface area contributed by atoms with Gasteiger partial charge in [-0.1, -0.05) is 0 Å². The lowest BCUT2D eigenvalue weighted by molar-refractivity contribution is 0.0500. The van der Waals surface area contributed by atoms with E-state index in [2.05, 4.69) is 20.2 Å². The van der Waals surface area contributed by atoms with Gasteiger partial charge in [0.05, 0.1) is 0 Å². The van der Waals surface area contributed by atoms with Crippen molar-refractivity contribution < 1.29 is 9.53 Å². The van der Waals surface area contributed by atoms with E-state index < -0.39 is 5.60 Å². The van der Waals surface area contributed by atoms with Crippen molar-refractivity contribution in [2.75, 3.05) is 18.0 Å². The van der Waals surface area contributed by atoms with Gasteiger partial charge >= 0.3 is 6.09 Å². The van der Waals surface area contributed by atoms with Gasteiger partial charge < -0.3 is 15.0 Å². The molecule has 2 rings (SSSR count). The number of carbonyl (C=O) groups is 1. The molecule has 116 valence electrons. The predicted octanol–water partition coefficient (Wildman–Crippen LogP) is 2.28. The van der Waals surface area contributed by atoms with Gasteiger partial charge in [-0.15, -0.1) is 0 Å². The summed E-state index contributed by atoms with van der Waals surface area (Å²) in [5, 5.41) is 2.93. The maximum absolute atomic E-state index is 11.8. The van der Waals surface area contributed by atoms with Crippen molar-refractivity contribution in [3.63, 3.8) is 0 Å². The number of alkyl carbamates (subject to hydrolysis) is 1. The van der Waals surface area contributed by atoms with E-state index in [1.807, 2.05) is 33.8 Å². The molecule has 0 spiro atoms. The van der Waals surface area contributed by atoms with E-state index in [0.29, 0.717) is 6.54 Å². The van der Waals surface area contributed by atoms with Gasteiger partial charge in [-0.05, 0) is 46.6 Å². The first-order valence-electron chi connectivity index (χ1n) is 7.37. The number of amides is 1. The number of rotatable bonds is 2. The summed E-state index contributed by atoms with van der Waals surface area (Å²) in [6, 6.07) is 1.95. The summed E-state index contributed by atoms with van der Waals surface area (Å²) in [5.41, 5.74) is 0.472. The van der Waals surface area contributed by atoms with Gasteiger partial charge in [0.1, 0.15) is 5.60 Å². The molecule has 1 saturated heterocycles. The molecule has 1 aliphatic rings. The summed E-state index contributed by atoms with van der Waals surface area (Å²) in [7, 11) is 0. The van der Waals surface area contributed by atoms with Crippen molar-refractivity contribution >= 4 is 12.0 Å². The summed E-state index contributed by atoms with van der Waals surface area (Å²) in [6.07, 6.45) is 3.35. The number of piperidine rings is 1. The van der Waals surface area contributed by atoms with Crippen LogP contribution in [-0.4, -0.2) is 40.8 Å². The standard InChI is InChI=1S/C15H24N4O2/c1-11-7-8-16-13(17-11)19-9-5-6-12(10-19)18-14(20)21-15(2,3)4/h7-8,12H,5-6,9-10H2,1-4H3,(H,18,20). The van der Waals surface area contributed by atoms with Crippen molar-refractivity contribution in [3.8, 4) is 0 Å². The molecule has 21 heavy (non-hydrogen) atoms. The lowest BCUT2D eigenvalue weighted by atomic mass is 10.1. The molecule has 1 N–H and O–H groups in total. The van der Waals surface area contributed by atoms with Gasteiger partial charge in [-0.25, -0.2) is 14.8 Å². The van der Waals surface area contributed by atoms with Crippen LogP contribution in [0.2, 0.25) is 0 Å². The second-order valence-corrected chi connectivity index (χ2v) is 6.43. The molecule has 1 atom stereocenters. The Kier molecular flexibility index (Phi) is 4.65. The number of anilines is 1. The number of hydrogen-bond acceptors (Lipinski definition) is 5. The van der Waals surface area contributed by atoms with E-state index in [4.69, 9.17) is 4.74 Å². The number of aryl methyl sites for hydroxylation is 1. The van der Waals surface area contributed by atoms with Crippen LogP contribution >= 0.6 is 0 Å². The van der Waals surface area contributed by atoms with Gasteiger partial charge in [-0.2, -0.15) is 0 Å². The van der Waals surface area contributed by atoms with Crippen LogP contribution in [0.25, 0.3) is 0 Å². The zero-order valence-electron chi connectivity index (χ0n) is 13.2. The third-order valence-electron chi connectivity index (χ3n) is 3.21. The minimum atomic E-state index is -0.474. The average Bonchev–Trinajstić information content (AvgIpc) is 2.36. The van der Waals surface area contributed by atoms with Gasteiger partial charge in [0.2, 0.25) is 5.95 Å². The van der Waals surface area contributed by atoms with Gasteiger partial charge in [0.15, 0.2) is 0 Å². The molecule has 1 fully saturated rings. The Hall–Kier alpha value is -1.85. The van der Waals surface area contributed by atoms with Crippen LogP contribution < -0.4 is 10.2 Å². The molecule has 0 bridgehead atoms. The van der Waals surface area contributed by atoms with Crippen molar-refractivity contribution in [2.45, 2.75) is 52.2 Å². The summed E-state index contributed by atoms with van der Waals surface area (Å²) >= 11 is 0. The first-order chi connectivity index (χ1) is 9.83. The Balaban J connectivity index is 1.93. The molecule has 6 heteroatoms. The Morgan fingerprint density at radius 1 is 1.48 bits per heavy atom. The summed E-state index contributed by atoms with van der Waals surface area (Å²) in [6.45, 7) is 9.16. The van der Waals surface area contributed by atoms with Gasteiger partial charge in [0, 0.05) is 31.0 Å². The third-order valence-corrected chi connectivity index (χ3v) is 3.21. The van der Waals surface area contributed by atoms with Crippen LogP contribution in [0.5, 0.6) is 0 Å². The molecule has 1 aromatic rings. The normalized spacial score (nSPS) is 19.2. The molecule has 1 amide bonds. The second-order valence-electron chi connectivity index (χ2n) is 6.43. The van der Waals surface area contributed by atoms with Crippen molar-refractivity contribution in [2.24, 2.45) is 0 Å². The first kappa shape index (κ1) is 15.5. The lowest BCUT2D eigenvalue weighted by Crippen LogP contribution is -2.49. The molecular formula is C15H24N4O2. The molecule has 1 aliphatic heterocycles. The molecule has 0 saturated carbocycles. The minimum absolute atomic E-state index is 0.0673. The SMILES string of the molecule is Cc1ccnc(N2CCCC(NC(=O)OC(C)(C)C)C2)n1. The van der Waals surface area contributed by atoms with E-state index in [9.17, 15) is 4.79 Å². The van der Waals surface area contributed by atoms with Gasteiger partial charge in [-0.3, -0.25) is 0 Å². The monoisotopic (exact) mass is 292 g/mol. The summed E-state index contributed by atoms with van der Waals surface area (Å²) in [4.78, 5) is 22.7. The number of carbonyl (C=O) groups excluding carboxylic acids is 1. The number of nitrogens with zero attached hydrogens (tertiary/aromatic N) is 3. The van der Waals surface area contributed by atoms with Crippen molar-refractivity contribution in [1.29, 1.82) is 0 Å². The first-order valence-corrected chi connectivity index (χ1v) is 7.37. The highest BCUT2D eigenvalue weighted by molar-refractivity contribution is 5.68. The Morgan fingerprint density at radius 3 is 2.90 bits per heavy atom. The number of nitrogens with one attached hydrogen (secondary N) is 1. The molecular weight excluding hydrogens is 268 g/mol. The lowest BCUT2D eigenvalue weighted by Gasteiger charge is -2.33. The van der Waals surface area contributed by atoms with Crippen LogP contribution in [0.1, 0.15) is 39.3 Å². The topological polar surface area (TPSA) is 67.4 Å². The fourth-order valence-corrected chi connectivity index (χ4v) is 2.34. The zero-order chi connectivity index (χ0) is 15.5. The maximum atomic E-state index is 11.8. The third kappa shape index (κ3) is 4.88. The molecule has 1 aromatic heterocycles. The minimum Gasteiger partial charge on any atom is -0.444 e. The Morgan fingerprint density at radius 2 is 2.24 bits per heavy atom. The van der Waals surface area contributed by atoms with Crippen LogP contribution in [0, 0.1) is 6.92 Å². The van der Waals surface area contributed by atoms with Crippen molar-refractivity contribution in [1.82, 2.24) is 15.3 Å². The van der Waals surface area contributed by atoms with E-state index in [1.54, 1.807) is 6.20 Å². The quantitative estimate of drug-likeness (QED) is 0.905. The highest BCUT2D eigenvalue weighted by Gasteiger charge is 2.25. The Labute approximate surface area is 125 Å². The molecule has 0 radical (unpaired) electrons. The van der Waals surface area contributed by atoms with Gasteiger partial charge in [0.25, 0.3) is 0 Å². The van der Waals surface area contributed by atoms with Crippen LogP contribution in [0.4, 0.5) is 10.7 Å². The largest absolute Gasteiger partial charge is 0.444 e. The van der Waals surface area contributed by atoms with E-state index in [0.717, 1.165) is 31.0 Å². The molecule has 1 unspecified atom stereocenters. The smallest absolute Gasteiger partial charge is 0.407 e.